The SMILES string of the molecule is CC(Oc1cccc(Cl)c1Cl)C(=O)N1CCN(c2ccc(S(=O)(=O)Nc3nccs3)cc2)C[C@H]1CO.[HH].[HH].[HH].[HH]. The number of aromatic nitrogens is 1. The fourth-order valence-electron chi connectivity index (χ4n) is 3.87. The summed E-state index contributed by atoms with van der Waals surface area (Å²) in [5, 5.41) is 12.5. The minimum Gasteiger partial charge on any atom is -0.479 e. The number of ether oxygens (including phenoxy) is 1. The largest absolute Gasteiger partial charge is 0.479 e. The minimum atomic E-state index is -3.75. The molecule has 1 saturated heterocycles. The van der Waals surface area contributed by atoms with Crippen LogP contribution in [0.3, 0.4) is 0 Å². The molecule has 1 unspecified atom stereocenters. The number of carbonyl (C=O) groups is 1. The van der Waals surface area contributed by atoms with Crippen molar-refractivity contribution < 1.29 is 28.8 Å². The summed E-state index contributed by atoms with van der Waals surface area (Å²) >= 11 is 13.4. The van der Waals surface area contributed by atoms with Crippen molar-refractivity contribution in [1.82, 2.24) is 9.88 Å². The van der Waals surface area contributed by atoms with Gasteiger partial charge in [0.05, 0.1) is 22.6 Å². The summed E-state index contributed by atoms with van der Waals surface area (Å²) in [5.41, 5.74) is 0.781. The van der Waals surface area contributed by atoms with Crippen LogP contribution < -0.4 is 14.4 Å². The zero-order valence-electron chi connectivity index (χ0n) is 19.2. The topological polar surface area (TPSA) is 112 Å². The molecule has 0 aliphatic carbocycles. The van der Waals surface area contributed by atoms with Crippen LogP contribution in [-0.2, 0) is 14.8 Å². The highest BCUT2D eigenvalue weighted by atomic mass is 35.5. The number of piperazine rings is 1. The Morgan fingerprint density at radius 2 is 2.03 bits per heavy atom. The average Bonchev–Trinajstić information content (AvgIpc) is 3.38. The molecular formula is C23H32Cl2N4O5S2. The molecule has 1 aromatic heterocycles. The number of rotatable bonds is 8. The number of nitrogens with zero attached hydrogens (tertiary/aromatic N) is 3. The fraction of sp³-hybridized carbons (Fsp3) is 0.304. The Bertz CT molecular complexity index is 1330. The van der Waals surface area contributed by atoms with Crippen molar-refractivity contribution >= 4 is 61.3 Å². The monoisotopic (exact) mass is 578 g/mol. The van der Waals surface area contributed by atoms with Gasteiger partial charge in [0.2, 0.25) is 0 Å². The number of carbonyl (C=O) groups excluding carboxylic acids is 1. The van der Waals surface area contributed by atoms with Crippen molar-refractivity contribution in [3.8, 4) is 5.75 Å². The number of nitrogens with one attached hydrogen (secondary N) is 1. The summed E-state index contributed by atoms with van der Waals surface area (Å²) in [7, 11) is -3.75. The Morgan fingerprint density at radius 3 is 2.69 bits per heavy atom. The van der Waals surface area contributed by atoms with Crippen LogP contribution in [0.25, 0.3) is 0 Å². The van der Waals surface area contributed by atoms with Crippen LogP contribution in [0, 0.1) is 0 Å². The molecule has 0 saturated carbocycles. The van der Waals surface area contributed by atoms with Crippen molar-refractivity contribution in [2.75, 3.05) is 35.9 Å². The molecule has 1 amide bonds. The number of benzene rings is 2. The van der Waals surface area contributed by atoms with Crippen LogP contribution in [0.5, 0.6) is 5.75 Å². The molecule has 200 valence electrons. The molecule has 4 rings (SSSR count). The number of aliphatic hydroxyl groups is 1. The molecule has 36 heavy (non-hydrogen) atoms. The molecule has 2 heterocycles. The van der Waals surface area contributed by atoms with Crippen LogP contribution in [-0.4, -0.2) is 67.7 Å². The van der Waals surface area contributed by atoms with Gasteiger partial charge in [0.25, 0.3) is 15.9 Å². The van der Waals surface area contributed by atoms with E-state index in [9.17, 15) is 18.3 Å². The molecule has 0 radical (unpaired) electrons. The van der Waals surface area contributed by atoms with E-state index in [-0.39, 0.29) is 28.1 Å². The summed E-state index contributed by atoms with van der Waals surface area (Å²) in [6.45, 7) is 2.61. The smallest absolute Gasteiger partial charge is 0.263 e. The lowest BCUT2D eigenvalue weighted by Crippen LogP contribution is -2.59. The van der Waals surface area contributed by atoms with Crippen LogP contribution in [0.15, 0.2) is 58.9 Å². The van der Waals surface area contributed by atoms with Gasteiger partial charge >= 0.3 is 0 Å². The number of anilines is 2. The van der Waals surface area contributed by atoms with Gasteiger partial charge in [0.1, 0.15) is 10.8 Å². The van der Waals surface area contributed by atoms with Gasteiger partial charge in [-0.05, 0) is 43.3 Å². The number of sulfonamides is 1. The lowest BCUT2D eigenvalue weighted by atomic mass is 10.1. The van der Waals surface area contributed by atoms with E-state index in [2.05, 4.69) is 9.71 Å². The first-order valence-electron chi connectivity index (χ1n) is 11.0. The number of thiazole rings is 1. The highest BCUT2D eigenvalue weighted by Gasteiger charge is 2.33. The van der Waals surface area contributed by atoms with E-state index in [4.69, 9.17) is 27.9 Å². The van der Waals surface area contributed by atoms with Gasteiger partial charge in [-0.2, -0.15) is 0 Å². The maximum absolute atomic E-state index is 13.1. The van der Waals surface area contributed by atoms with Crippen molar-refractivity contribution in [3.63, 3.8) is 0 Å². The number of halogens is 2. The third-order valence-electron chi connectivity index (χ3n) is 5.71. The molecule has 2 atom stereocenters. The van der Waals surface area contributed by atoms with Gasteiger partial charge < -0.3 is 19.6 Å². The molecule has 1 fully saturated rings. The van der Waals surface area contributed by atoms with Crippen molar-refractivity contribution in [2.45, 2.75) is 24.0 Å². The molecule has 1 aliphatic rings. The second kappa shape index (κ2) is 11.2. The fourth-order valence-corrected chi connectivity index (χ4v) is 5.99. The Hall–Kier alpha value is -2.57. The molecular weight excluding hydrogens is 547 g/mol. The summed E-state index contributed by atoms with van der Waals surface area (Å²) in [6, 6.07) is 10.9. The van der Waals surface area contributed by atoms with E-state index in [1.807, 2.05) is 4.90 Å². The quantitative estimate of drug-likeness (QED) is 0.398. The lowest BCUT2D eigenvalue weighted by Gasteiger charge is -2.42. The van der Waals surface area contributed by atoms with E-state index in [0.717, 1.165) is 5.69 Å². The van der Waals surface area contributed by atoms with Gasteiger partial charge in [0.15, 0.2) is 11.2 Å². The van der Waals surface area contributed by atoms with E-state index in [0.29, 0.717) is 35.5 Å². The normalized spacial score (nSPS) is 17.1. The molecule has 1 aliphatic heterocycles. The maximum Gasteiger partial charge on any atom is 0.263 e. The highest BCUT2D eigenvalue weighted by Crippen LogP contribution is 2.32. The average molecular weight is 580 g/mol. The van der Waals surface area contributed by atoms with Crippen molar-refractivity contribution in [2.24, 2.45) is 0 Å². The molecule has 2 N–H and O–H groups in total. The van der Waals surface area contributed by atoms with Crippen molar-refractivity contribution in [3.05, 3.63) is 64.1 Å². The Balaban J connectivity index is 0.00000380. The van der Waals surface area contributed by atoms with Gasteiger partial charge in [0, 0.05) is 42.6 Å². The Labute approximate surface area is 229 Å². The molecule has 13 heteroatoms. The molecule has 3 aromatic rings. The standard InChI is InChI=1S/C23H24Cl2N4O5S2.4H2/c1-15(34-20-4-2-3-19(24)21(20)25)22(31)29-11-10-28(13-17(29)14-30)16-5-7-18(8-6-16)36(32,33)27-23-26-9-12-35-23;;;;/h2-9,12,15,17,30H,10-11,13-14H2,1H3,(H,26,27);4*1H/t15?,17-;;;;/m0..../s1. The number of amides is 1. The highest BCUT2D eigenvalue weighted by molar-refractivity contribution is 7.93. The van der Waals surface area contributed by atoms with E-state index in [1.165, 1.54) is 29.7 Å². The second-order valence-corrected chi connectivity index (χ2v) is 11.4. The van der Waals surface area contributed by atoms with Gasteiger partial charge in [-0.3, -0.25) is 9.52 Å². The van der Waals surface area contributed by atoms with E-state index in [1.54, 1.807) is 47.5 Å². The van der Waals surface area contributed by atoms with Crippen LogP contribution in [0.2, 0.25) is 10.0 Å². The summed E-state index contributed by atoms with van der Waals surface area (Å²) in [6.07, 6.45) is 0.684. The van der Waals surface area contributed by atoms with Crippen LogP contribution >= 0.6 is 34.5 Å². The molecule has 0 bridgehead atoms. The van der Waals surface area contributed by atoms with Gasteiger partial charge in [-0.25, -0.2) is 13.4 Å². The first-order chi connectivity index (χ1) is 17.2. The number of hydrogen-bond acceptors (Lipinski definition) is 8. The number of aliphatic hydroxyl groups excluding tert-OH is 1. The molecule has 2 aromatic carbocycles. The van der Waals surface area contributed by atoms with E-state index < -0.39 is 22.2 Å². The first-order valence-corrected chi connectivity index (χ1v) is 14.1. The first kappa shape index (κ1) is 26.5. The third kappa shape index (κ3) is 5.87. The summed E-state index contributed by atoms with van der Waals surface area (Å²) < 4.78 is 33.4. The summed E-state index contributed by atoms with van der Waals surface area (Å²) in [5.74, 6) is 0.0306. The summed E-state index contributed by atoms with van der Waals surface area (Å²) in [4.78, 5) is 20.8. The lowest BCUT2D eigenvalue weighted by molar-refractivity contribution is -0.141. The minimum absolute atomic E-state index is 0. The van der Waals surface area contributed by atoms with Gasteiger partial charge in [-0.15, -0.1) is 11.3 Å². The van der Waals surface area contributed by atoms with Crippen LogP contribution in [0.1, 0.15) is 12.6 Å². The Kier molecular flexibility index (Phi) is 8.26. The maximum atomic E-state index is 13.1. The zero-order chi connectivity index (χ0) is 25.9. The third-order valence-corrected chi connectivity index (χ3v) is 8.68. The van der Waals surface area contributed by atoms with E-state index >= 15 is 0 Å². The number of hydrogen-bond donors (Lipinski definition) is 2. The Morgan fingerprint density at radius 1 is 1.28 bits per heavy atom. The predicted octanol–water partition coefficient (Wildman–Crippen LogP) is 4.71. The second-order valence-electron chi connectivity index (χ2n) is 8.06. The zero-order valence-corrected chi connectivity index (χ0v) is 22.3. The molecule has 0 spiro atoms. The van der Waals surface area contributed by atoms with Crippen LogP contribution in [0.4, 0.5) is 10.8 Å². The predicted molar refractivity (Wildman–Crippen MR) is 149 cm³/mol. The van der Waals surface area contributed by atoms with Gasteiger partial charge in [-0.1, -0.05) is 29.3 Å². The molecule has 9 nitrogen and oxygen atoms in total. The van der Waals surface area contributed by atoms with Crippen molar-refractivity contribution in [1.29, 1.82) is 0 Å².